The second-order valence-electron chi connectivity index (χ2n) is 5.08. The number of amides is 1. The largest absolute Gasteiger partial charge is 0.355 e. The molecular formula is C14H28N2O. The van der Waals surface area contributed by atoms with Gasteiger partial charge >= 0.3 is 0 Å². The van der Waals surface area contributed by atoms with Crippen LogP contribution in [-0.4, -0.2) is 25.5 Å². The molecule has 100 valence electrons. The van der Waals surface area contributed by atoms with Gasteiger partial charge in [-0.3, -0.25) is 4.79 Å². The fraction of sp³-hybridized carbons (Fsp3) is 0.929. The van der Waals surface area contributed by atoms with E-state index in [1.165, 1.54) is 38.5 Å². The molecule has 0 bridgehead atoms. The summed E-state index contributed by atoms with van der Waals surface area (Å²) in [4.78, 5) is 11.3. The van der Waals surface area contributed by atoms with Gasteiger partial charge in [-0.15, -0.1) is 0 Å². The van der Waals surface area contributed by atoms with E-state index in [2.05, 4.69) is 17.6 Å². The number of nitrogens with one attached hydrogen (secondary N) is 2. The maximum absolute atomic E-state index is 11.3. The minimum absolute atomic E-state index is 0.256. The van der Waals surface area contributed by atoms with Gasteiger partial charge in [0.1, 0.15) is 0 Å². The molecule has 0 spiro atoms. The summed E-state index contributed by atoms with van der Waals surface area (Å²) in [5.74, 6) is 0.597. The predicted octanol–water partition coefficient (Wildman–Crippen LogP) is 2.46. The third-order valence-electron chi connectivity index (χ3n) is 3.26. The second-order valence-corrected chi connectivity index (χ2v) is 5.08. The van der Waals surface area contributed by atoms with Crippen molar-refractivity contribution in [3.8, 4) is 0 Å². The van der Waals surface area contributed by atoms with Crippen LogP contribution in [0.15, 0.2) is 0 Å². The maximum Gasteiger partial charge on any atom is 0.223 e. The van der Waals surface area contributed by atoms with Gasteiger partial charge in [0, 0.05) is 19.0 Å². The van der Waals surface area contributed by atoms with Gasteiger partial charge in [-0.2, -0.15) is 0 Å². The van der Waals surface area contributed by atoms with Gasteiger partial charge in [0.25, 0.3) is 0 Å². The van der Waals surface area contributed by atoms with Crippen LogP contribution in [0.5, 0.6) is 0 Å². The summed E-state index contributed by atoms with van der Waals surface area (Å²) >= 11 is 0. The lowest BCUT2D eigenvalue weighted by atomic mass is 10.1. The van der Waals surface area contributed by atoms with E-state index in [9.17, 15) is 4.79 Å². The monoisotopic (exact) mass is 240 g/mol. The molecule has 0 unspecified atom stereocenters. The van der Waals surface area contributed by atoms with Crippen molar-refractivity contribution in [3.05, 3.63) is 0 Å². The number of unbranched alkanes of at least 4 members (excludes halogenated alkanes) is 5. The topological polar surface area (TPSA) is 41.1 Å². The molecule has 1 amide bonds. The zero-order valence-electron chi connectivity index (χ0n) is 11.3. The molecule has 0 aliphatic heterocycles. The van der Waals surface area contributed by atoms with Gasteiger partial charge in [0.15, 0.2) is 0 Å². The van der Waals surface area contributed by atoms with E-state index in [1.807, 2.05) is 0 Å². The lowest BCUT2D eigenvalue weighted by Gasteiger charge is -2.06. The molecular weight excluding hydrogens is 212 g/mol. The quantitative estimate of drug-likeness (QED) is 0.545. The van der Waals surface area contributed by atoms with Crippen molar-refractivity contribution in [1.29, 1.82) is 0 Å². The summed E-state index contributed by atoms with van der Waals surface area (Å²) in [6.07, 6.45) is 10.2. The van der Waals surface area contributed by atoms with Crippen LogP contribution in [0.2, 0.25) is 0 Å². The average molecular weight is 240 g/mol. The van der Waals surface area contributed by atoms with Crippen molar-refractivity contribution in [1.82, 2.24) is 10.6 Å². The van der Waals surface area contributed by atoms with Gasteiger partial charge in [-0.1, -0.05) is 39.0 Å². The summed E-state index contributed by atoms with van der Waals surface area (Å²) in [7, 11) is 0. The lowest BCUT2D eigenvalue weighted by molar-refractivity contribution is -0.122. The molecule has 17 heavy (non-hydrogen) atoms. The van der Waals surface area contributed by atoms with Crippen molar-refractivity contribution >= 4 is 5.91 Å². The first-order valence-corrected chi connectivity index (χ1v) is 7.33. The van der Waals surface area contributed by atoms with Crippen molar-refractivity contribution < 1.29 is 4.79 Å². The first kappa shape index (κ1) is 14.5. The molecule has 0 aromatic carbocycles. The highest BCUT2D eigenvalue weighted by molar-refractivity contribution is 5.80. The first-order valence-electron chi connectivity index (χ1n) is 7.33. The molecule has 1 aliphatic carbocycles. The minimum atomic E-state index is 0.256. The Morgan fingerprint density at radius 1 is 1.00 bits per heavy atom. The zero-order valence-corrected chi connectivity index (χ0v) is 11.3. The Bertz CT molecular complexity index is 202. The molecule has 1 saturated carbocycles. The Kier molecular flexibility index (Phi) is 8.06. The van der Waals surface area contributed by atoms with Crippen LogP contribution in [0.4, 0.5) is 0 Å². The fourth-order valence-electron chi connectivity index (χ4n) is 1.92. The Morgan fingerprint density at radius 3 is 2.41 bits per heavy atom. The molecule has 0 aromatic heterocycles. The molecule has 0 heterocycles. The van der Waals surface area contributed by atoms with E-state index in [0.717, 1.165) is 32.5 Å². The molecule has 1 fully saturated rings. The van der Waals surface area contributed by atoms with Crippen molar-refractivity contribution in [2.75, 3.05) is 19.6 Å². The molecule has 1 rings (SSSR count). The van der Waals surface area contributed by atoms with Crippen molar-refractivity contribution in [2.45, 2.75) is 58.3 Å². The first-order chi connectivity index (χ1) is 8.34. The minimum Gasteiger partial charge on any atom is -0.355 e. The Labute approximate surface area is 106 Å². The molecule has 3 heteroatoms. The van der Waals surface area contributed by atoms with Crippen molar-refractivity contribution in [2.24, 2.45) is 5.92 Å². The summed E-state index contributed by atoms with van der Waals surface area (Å²) in [5.41, 5.74) is 0. The van der Waals surface area contributed by atoms with Crippen LogP contribution >= 0.6 is 0 Å². The highest BCUT2D eigenvalue weighted by Gasteiger charge is 2.28. The van der Waals surface area contributed by atoms with Gasteiger partial charge in [0.05, 0.1) is 0 Å². The van der Waals surface area contributed by atoms with Gasteiger partial charge in [0.2, 0.25) is 5.91 Å². The number of rotatable bonds is 11. The van der Waals surface area contributed by atoms with E-state index in [4.69, 9.17) is 0 Å². The van der Waals surface area contributed by atoms with Crippen LogP contribution in [0, 0.1) is 5.92 Å². The third-order valence-corrected chi connectivity index (χ3v) is 3.26. The highest BCUT2D eigenvalue weighted by atomic mass is 16.2. The smallest absolute Gasteiger partial charge is 0.223 e. The standard InChI is InChI=1S/C14H28N2O/c1-2-3-4-5-6-7-10-15-11-12-16-14(17)13-8-9-13/h13,15H,2-12H2,1H3,(H,16,17). The number of hydrogen-bond donors (Lipinski definition) is 2. The average Bonchev–Trinajstić information content (AvgIpc) is 3.15. The van der Waals surface area contributed by atoms with E-state index in [-0.39, 0.29) is 5.91 Å². The van der Waals surface area contributed by atoms with E-state index >= 15 is 0 Å². The predicted molar refractivity (Wildman–Crippen MR) is 72.0 cm³/mol. The normalized spacial score (nSPS) is 14.9. The third kappa shape index (κ3) is 8.19. The van der Waals surface area contributed by atoms with Gasteiger partial charge in [-0.05, 0) is 25.8 Å². The van der Waals surface area contributed by atoms with Crippen LogP contribution in [-0.2, 0) is 4.79 Å². The molecule has 0 atom stereocenters. The summed E-state index contributed by atoms with van der Waals surface area (Å²) in [5, 5.41) is 6.34. The maximum atomic E-state index is 11.3. The molecule has 1 aliphatic rings. The van der Waals surface area contributed by atoms with E-state index < -0.39 is 0 Å². The highest BCUT2D eigenvalue weighted by Crippen LogP contribution is 2.28. The van der Waals surface area contributed by atoms with Crippen LogP contribution in [0.3, 0.4) is 0 Å². The van der Waals surface area contributed by atoms with Crippen molar-refractivity contribution in [3.63, 3.8) is 0 Å². The van der Waals surface area contributed by atoms with Gasteiger partial charge in [-0.25, -0.2) is 0 Å². The molecule has 0 saturated heterocycles. The number of hydrogen-bond acceptors (Lipinski definition) is 2. The Balaban J connectivity index is 1.70. The SMILES string of the molecule is CCCCCCCCNCCNC(=O)C1CC1. The number of carbonyl (C=O) groups is 1. The fourth-order valence-corrected chi connectivity index (χ4v) is 1.92. The van der Waals surface area contributed by atoms with Gasteiger partial charge < -0.3 is 10.6 Å². The lowest BCUT2D eigenvalue weighted by Crippen LogP contribution is -2.33. The summed E-state index contributed by atoms with van der Waals surface area (Å²) in [6.45, 7) is 5.03. The Hall–Kier alpha value is -0.570. The molecule has 2 N–H and O–H groups in total. The molecule has 0 aromatic rings. The summed E-state index contributed by atoms with van der Waals surface area (Å²) in [6, 6.07) is 0. The zero-order chi connectivity index (χ0) is 12.3. The van der Waals surface area contributed by atoms with Crippen LogP contribution in [0.25, 0.3) is 0 Å². The Morgan fingerprint density at radius 2 is 1.71 bits per heavy atom. The molecule has 3 nitrogen and oxygen atoms in total. The van der Waals surface area contributed by atoms with Crippen LogP contribution < -0.4 is 10.6 Å². The second kappa shape index (κ2) is 9.46. The van der Waals surface area contributed by atoms with E-state index in [1.54, 1.807) is 0 Å². The number of carbonyl (C=O) groups excluding carboxylic acids is 1. The van der Waals surface area contributed by atoms with Crippen LogP contribution in [0.1, 0.15) is 58.3 Å². The van der Waals surface area contributed by atoms with E-state index in [0.29, 0.717) is 5.92 Å². The summed E-state index contributed by atoms with van der Waals surface area (Å²) < 4.78 is 0. The molecule has 0 radical (unpaired) electrons.